The van der Waals surface area contributed by atoms with E-state index in [0.29, 0.717) is 24.0 Å². The van der Waals surface area contributed by atoms with Crippen molar-refractivity contribution in [1.82, 2.24) is 10.2 Å². The molecule has 3 amide bonds. The summed E-state index contributed by atoms with van der Waals surface area (Å²) in [7, 11) is 0. The molecule has 1 aliphatic rings. The molecule has 1 heterocycles. The van der Waals surface area contributed by atoms with Crippen LogP contribution in [0.4, 0.5) is 4.79 Å². The Labute approximate surface area is 300 Å². The SMILES string of the molecule is CCCCCCCC(=O)OCC(COC(=O)CCCCCCC)OC(=O)CCC(=O)OCN1C(=O)NC(c2ccccc2)(c2ccccc2)C1=O. The third-order valence-corrected chi connectivity index (χ3v) is 8.53. The number of nitrogens with one attached hydrogen (secondary N) is 1. The van der Waals surface area contributed by atoms with Gasteiger partial charge in [0.15, 0.2) is 18.4 Å². The molecule has 0 saturated carbocycles. The fourth-order valence-electron chi connectivity index (χ4n) is 5.66. The first-order valence-corrected chi connectivity index (χ1v) is 18.1. The van der Waals surface area contributed by atoms with Crippen molar-refractivity contribution in [1.29, 1.82) is 0 Å². The van der Waals surface area contributed by atoms with E-state index in [9.17, 15) is 28.8 Å². The number of unbranched alkanes of at least 4 members (excludes halogenated alkanes) is 8. The highest BCUT2D eigenvalue weighted by Gasteiger charge is 2.54. The number of esters is 4. The average molecular weight is 709 g/mol. The fourth-order valence-corrected chi connectivity index (χ4v) is 5.66. The van der Waals surface area contributed by atoms with Gasteiger partial charge in [-0.15, -0.1) is 0 Å². The van der Waals surface area contributed by atoms with Crippen LogP contribution in [0.1, 0.15) is 115 Å². The summed E-state index contributed by atoms with van der Waals surface area (Å²) in [5, 5.41) is 2.77. The van der Waals surface area contributed by atoms with Crippen molar-refractivity contribution in [2.45, 2.75) is 115 Å². The zero-order chi connectivity index (χ0) is 36.9. The smallest absolute Gasteiger partial charge is 0.328 e. The van der Waals surface area contributed by atoms with E-state index in [1.54, 1.807) is 60.7 Å². The molecule has 1 saturated heterocycles. The minimum Gasteiger partial charge on any atom is -0.462 e. The van der Waals surface area contributed by atoms with Gasteiger partial charge in [0.25, 0.3) is 5.91 Å². The molecule has 0 aliphatic carbocycles. The molecule has 0 bridgehead atoms. The summed E-state index contributed by atoms with van der Waals surface area (Å²) in [6.45, 7) is 2.95. The predicted octanol–water partition coefficient (Wildman–Crippen LogP) is 6.48. The van der Waals surface area contributed by atoms with E-state index in [1.165, 1.54) is 0 Å². The van der Waals surface area contributed by atoms with Gasteiger partial charge in [0.2, 0.25) is 0 Å². The number of hydrogen-bond donors (Lipinski definition) is 1. The van der Waals surface area contributed by atoms with E-state index in [0.717, 1.165) is 56.3 Å². The molecule has 2 aromatic carbocycles. The van der Waals surface area contributed by atoms with Crippen LogP contribution in [-0.4, -0.2) is 66.8 Å². The van der Waals surface area contributed by atoms with E-state index in [4.69, 9.17) is 18.9 Å². The Morgan fingerprint density at radius 1 is 0.608 bits per heavy atom. The number of rotatable bonds is 24. The van der Waals surface area contributed by atoms with Gasteiger partial charge in [0.1, 0.15) is 13.2 Å². The first-order valence-electron chi connectivity index (χ1n) is 18.1. The summed E-state index contributed by atoms with van der Waals surface area (Å²) in [5.74, 6) is -3.15. The molecule has 12 heteroatoms. The van der Waals surface area contributed by atoms with Gasteiger partial charge in [-0.3, -0.25) is 24.0 Å². The molecule has 3 rings (SSSR count). The standard InChI is InChI=1S/C39H52N2O10/c1-3-5-7-9-17-23-33(42)48-27-32(28-49-34(43)24-18-10-8-6-4-2)51-36(45)26-25-35(44)50-29-41-37(46)39(40-38(41)47,30-19-13-11-14-20-30)31-21-15-12-16-22-31/h11-16,19-22,32H,3-10,17-18,23-29H2,1-2H3,(H,40,47). The maximum Gasteiger partial charge on any atom is 0.328 e. The van der Waals surface area contributed by atoms with Crippen LogP contribution in [0.2, 0.25) is 0 Å². The Morgan fingerprint density at radius 2 is 1.06 bits per heavy atom. The van der Waals surface area contributed by atoms with Crippen LogP contribution < -0.4 is 5.32 Å². The van der Waals surface area contributed by atoms with E-state index in [2.05, 4.69) is 19.2 Å². The van der Waals surface area contributed by atoms with E-state index >= 15 is 0 Å². The minimum absolute atomic E-state index is 0.225. The first-order chi connectivity index (χ1) is 24.7. The van der Waals surface area contributed by atoms with Crippen molar-refractivity contribution in [3.63, 3.8) is 0 Å². The van der Waals surface area contributed by atoms with Crippen LogP contribution in [0.5, 0.6) is 0 Å². The molecule has 1 aliphatic heterocycles. The largest absolute Gasteiger partial charge is 0.462 e. The highest BCUT2D eigenvalue weighted by atomic mass is 16.6. The lowest BCUT2D eigenvalue weighted by Crippen LogP contribution is -2.45. The van der Waals surface area contributed by atoms with Crippen molar-refractivity contribution in [3.8, 4) is 0 Å². The second-order valence-corrected chi connectivity index (χ2v) is 12.6. The minimum atomic E-state index is -1.51. The van der Waals surface area contributed by atoms with Gasteiger partial charge in [-0.1, -0.05) is 126 Å². The van der Waals surface area contributed by atoms with Crippen LogP contribution in [0.15, 0.2) is 60.7 Å². The second kappa shape index (κ2) is 22.2. The first kappa shape index (κ1) is 40.7. The highest BCUT2D eigenvalue weighted by Crippen LogP contribution is 2.36. The molecule has 0 unspecified atom stereocenters. The molecular weight excluding hydrogens is 656 g/mol. The number of imide groups is 1. The Morgan fingerprint density at radius 3 is 1.55 bits per heavy atom. The third kappa shape index (κ3) is 13.1. The lowest BCUT2D eigenvalue weighted by Gasteiger charge is -2.27. The Bertz CT molecular complexity index is 1350. The van der Waals surface area contributed by atoms with Gasteiger partial charge < -0.3 is 24.3 Å². The average Bonchev–Trinajstić information content (AvgIpc) is 3.40. The summed E-state index contributed by atoms with van der Waals surface area (Å²) in [4.78, 5) is 77.5. The molecule has 2 aromatic rings. The highest BCUT2D eigenvalue weighted by molar-refractivity contribution is 6.09. The number of carbonyl (C=O) groups excluding carboxylic acids is 6. The van der Waals surface area contributed by atoms with Gasteiger partial charge in [-0.25, -0.2) is 9.69 Å². The number of amides is 3. The third-order valence-electron chi connectivity index (χ3n) is 8.53. The van der Waals surface area contributed by atoms with Gasteiger partial charge in [0, 0.05) is 12.8 Å². The number of hydrogen-bond acceptors (Lipinski definition) is 10. The lowest BCUT2D eigenvalue weighted by molar-refractivity contribution is -0.167. The number of ether oxygens (including phenoxy) is 4. The van der Waals surface area contributed by atoms with Crippen molar-refractivity contribution in [3.05, 3.63) is 71.8 Å². The lowest BCUT2D eigenvalue weighted by atomic mass is 9.83. The molecule has 0 radical (unpaired) electrons. The van der Waals surface area contributed by atoms with Crippen molar-refractivity contribution in [2.75, 3.05) is 19.9 Å². The van der Waals surface area contributed by atoms with Crippen LogP contribution in [0, 0.1) is 0 Å². The number of carbonyl (C=O) groups is 6. The van der Waals surface area contributed by atoms with Gasteiger partial charge in [-0.05, 0) is 24.0 Å². The summed E-state index contributed by atoms with van der Waals surface area (Å²) < 4.78 is 21.3. The summed E-state index contributed by atoms with van der Waals surface area (Å²) >= 11 is 0. The van der Waals surface area contributed by atoms with Crippen LogP contribution in [0.3, 0.4) is 0 Å². The zero-order valence-corrected chi connectivity index (χ0v) is 29.9. The molecule has 0 spiro atoms. The Balaban J connectivity index is 1.51. The topological polar surface area (TPSA) is 155 Å². The van der Waals surface area contributed by atoms with E-state index in [1.807, 2.05) is 0 Å². The Hall–Kier alpha value is -4.74. The molecule has 1 fully saturated rings. The maximum absolute atomic E-state index is 13.8. The molecule has 51 heavy (non-hydrogen) atoms. The summed E-state index contributed by atoms with van der Waals surface area (Å²) in [5.41, 5.74) is -0.436. The van der Waals surface area contributed by atoms with E-state index in [-0.39, 0.29) is 26.1 Å². The van der Waals surface area contributed by atoms with Crippen LogP contribution >= 0.6 is 0 Å². The van der Waals surface area contributed by atoms with Gasteiger partial charge >= 0.3 is 29.9 Å². The van der Waals surface area contributed by atoms with Crippen molar-refractivity contribution < 1.29 is 47.7 Å². The molecule has 12 nitrogen and oxygen atoms in total. The quantitative estimate of drug-likeness (QED) is 0.0555. The van der Waals surface area contributed by atoms with Gasteiger partial charge in [-0.2, -0.15) is 0 Å². The monoisotopic (exact) mass is 708 g/mol. The number of benzene rings is 2. The molecule has 278 valence electrons. The molecule has 0 atom stereocenters. The molecule has 0 aromatic heterocycles. The number of urea groups is 1. The molecule has 1 N–H and O–H groups in total. The summed E-state index contributed by atoms with van der Waals surface area (Å²) in [6.07, 6.45) is 8.20. The number of nitrogens with zero attached hydrogens (tertiary/aromatic N) is 1. The van der Waals surface area contributed by atoms with Crippen molar-refractivity contribution >= 4 is 35.8 Å². The van der Waals surface area contributed by atoms with Crippen LogP contribution in [0.25, 0.3) is 0 Å². The maximum atomic E-state index is 13.8. The predicted molar refractivity (Wildman–Crippen MR) is 188 cm³/mol. The van der Waals surface area contributed by atoms with Crippen LogP contribution in [-0.2, 0) is 48.5 Å². The van der Waals surface area contributed by atoms with Crippen molar-refractivity contribution in [2.24, 2.45) is 0 Å². The molecular formula is C39H52N2O10. The van der Waals surface area contributed by atoms with Gasteiger partial charge in [0.05, 0.1) is 12.8 Å². The fraction of sp³-hybridized carbons (Fsp3) is 0.538. The summed E-state index contributed by atoms with van der Waals surface area (Å²) in [6, 6.07) is 16.8. The second-order valence-electron chi connectivity index (χ2n) is 12.6. The normalized spacial score (nSPS) is 13.5. The van der Waals surface area contributed by atoms with E-state index < -0.39 is 67.0 Å². The Kier molecular flexibility index (Phi) is 17.7. The zero-order valence-electron chi connectivity index (χ0n) is 29.9.